The number of methoxy groups -OCH3 is 1. The van der Waals surface area contributed by atoms with Crippen LogP contribution in [0.3, 0.4) is 0 Å². The van der Waals surface area contributed by atoms with E-state index in [1.165, 1.54) is 0 Å². The van der Waals surface area contributed by atoms with Crippen molar-refractivity contribution in [2.24, 2.45) is 11.8 Å². The number of amides is 1. The number of nitrogens with one attached hydrogen (secondary N) is 1. The van der Waals surface area contributed by atoms with Crippen LogP contribution in [-0.2, 0) is 28.6 Å². The molecule has 0 bridgehead atoms. The van der Waals surface area contributed by atoms with Gasteiger partial charge >= 0.3 is 11.9 Å². The zero-order valence-corrected chi connectivity index (χ0v) is 14.3. The zero-order valence-electron chi connectivity index (χ0n) is 14.3. The average Bonchev–Trinajstić information content (AvgIpc) is 2.51. The molecule has 4 atom stereocenters. The van der Waals surface area contributed by atoms with Gasteiger partial charge in [0, 0.05) is 13.5 Å². The van der Waals surface area contributed by atoms with Crippen molar-refractivity contribution < 1.29 is 28.6 Å². The number of hydrogen-bond acceptors (Lipinski definition) is 6. The van der Waals surface area contributed by atoms with Crippen LogP contribution in [0.25, 0.3) is 0 Å². The molecular weight excluding hydrogens is 302 g/mol. The summed E-state index contributed by atoms with van der Waals surface area (Å²) in [5.74, 6) is -1.57. The molecule has 1 fully saturated rings. The summed E-state index contributed by atoms with van der Waals surface area (Å²) in [4.78, 5) is 35.6. The van der Waals surface area contributed by atoms with Crippen molar-refractivity contribution in [1.29, 1.82) is 0 Å². The molecule has 23 heavy (non-hydrogen) atoms. The Morgan fingerprint density at radius 3 is 2.43 bits per heavy atom. The maximum Gasteiger partial charge on any atom is 0.328 e. The highest BCUT2D eigenvalue weighted by atomic mass is 16.6. The number of ether oxygens (including phenoxy) is 3. The van der Waals surface area contributed by atoms with Crippen LogP contribution in [-0.4, -0.2) is 50.3 Å². The third kappa shape index (κ3) is 6.56. The molecular formula is C16H27NO6. The molecule has 1 aliphatic rings. The molecule has 0 aliphatic carbocycles. The van der Waals surface area contributed by atoms with Crippen LogP contribution < -0.4 is 5.32 Å². The maximum absolute atomic E-state index is 12.0. The molecule has 7 nitrogen and oxygen atoms in total. The van der Waals surface area contributed by atoms with Gasteiger partial charge in [-0.3, -0.25) is 9.59 Å². The van der Waals surface area contributed by atoms with Crippen LogP contribution in [0.4, 0.5) is 0 Å². The highest BCUT2D eigenvalue weighted by Crippen LogP contribution is 2.16. The predicted octanol–water partition coefficient (Wildman–Crippen LogP) is 1.05. The molecule has 0 aromatic carbocycles. The van der Waals surface area contributed by atoms with E-state index in [1.54, 1.807) is 21.0 Å². The number of rotatable bonds is 1. The van der Waals surface area contributed by atoms with Crippen molar-refractivity contribution in [3.8, 4) is 0 Å². The van der Waals surface area contributed by atoms with Crippen LogP contribution in [0.5, 0.6) is 0 Å². The van der Waals surface area contributed by atoms with Crippen molar-refractivity contribution >= 4 is 17.8 Å². The van der Waals surface area contributed by atoms with Crippen LogP contribution in [0.2, 0.25) is 0 Å². The van der Waals surface area contributed by atoms with E-state index in [2.05, 4.69) is 5.32 Å². The van der Waals surface area contributed by atoms with Gasteiger partial charge < -0.3 is 19.5 Å². The first kappa shape index (κ1) is 19.4. The summed E-state index contributed by atoms with van der Waals surface area (Å²) in [6, 6.07) is -0.765. The minimum Gasteiger partial charge on any atom is -0.465 e. The second kappa shape index (κ2) is 9.50. The predicted molar refractivity (Wildman–Crippen MR) is 82.5 cm³/mol. The van der Waals surface area contributed by atoms with Gasteiger partial charge in [-0.15, -0.1) is 0 Å². The first-order valence-electron chi connectivity index (χ1n) is 8.00. The van der Waals surface area contributed by atoms with Gasteiger partial charge in [0.1, 0.15) is 19.3 Å². The summed E-state index contributed by atoms with van der Waals surface area (Å²) in [6.45, 7) is 5.31. The number of carbonyl (C=O) groups excluding carboxylic acids is 3. The lowest BCUT2D eigenvalue weighted by atomic mass is 9.98. The van der Waals surface area contributed by atoms with Crippen LogP contribution in [0.1, 0.15) is 40.0 Å². The van der Waals surface area contributed by atoms with Gasteiger partial charge in [0.25, 0.3) is 0 Å². The molecule has 0 spiro atoms. The van der Waals surface area contributed by atoms with Crippen molar-refractivity contribution in [3.63, 3.8) is 0 Å². The van der Waals surface area contributed by atoms with Crippen LogP contribution in [0, 0.1) is 11.8 Å². The van der Waals surface area contributed by atoms with Crippen molar-refractivity contribution in [1.82, 2.24) is 5.32 Å². The van der Waals surface area contributed by atoms with Crippen molar-refractivity contribution in [2.45, 2.75) is 52.2 Å². The van der Waals surface area contributed by atoms with Crippen molar-refractivity contribution in [3.05, 3.63) is 0 Å². The summed E-state index contributed by atoms with van der Waals surface area (Å²) in [5, 5.41) is 2.56. The Morgan fingerprint density at radius 2 is 1.78 bits per heavy atom. The quantitative estimate of drug-likeness (QED) is 0.723. The molecule has 1 aliphatic heterocycles. The maximum atomic E-state index is 12.0. The molecule has 1 rings (SSSR count). The molecule has 0 aromatic rings. The lowest BCUT2D eigenvalue weighted by Crippen LogP contribution is -2.43. The standard InChI is InChI=1S/C16H27NO6/c1-10-6-5-7-14(18)22-8-11(2)15(19)17-12(3)16(20)23-9-13(10)21-4/h10-13H,5-9H2,1-4H3,(H,17,19)/t10?,11-,12-,13+/m0/s1. The SMILES string of the molecule is CO[C@@H]1COC(=O)[C@H](C)NC(=O)[C@@H](C)COC(=O)CCCC1C. The summed E-state index contributed by atoms with van der Waals surface area (Å²) in [6.07, 6.45) is 1.46. The normalized spacial score (nSPS) is 32.1. The summed E-state index contributed by atoms with van der Waals surface area (Å²) in [5.41, 5.74) is 0. The van der Waals surface area contributed by atoms with E-state index in [-0.39, 0.29) is 37.1 Å². The molecule has 1 N–H and O–H groups in total. The van der Waals surface area contributed by atoms with Crippen LogP contribution in [0.15, 0.2) is 0 Å². The van der Waals surface area contributed by atoms with Crippen molar-refractivity contribution in [2.75, 3.05) is 20.3 Å². The first-order valence-corrected chi connectivity index (χ1v) is 8.00. The van der Waals surface area contributed by atoms with Crippen LogP contribution >= 0.6 is 0 Å². The van der Waals surface area contributed by atoms with Gasteiger partial charge in [0.2, 0.25) is 5.91 Å². The van der Waals surface area contributed by atoms with E-state index in [0.29, 0.717) is 12.8 Å². The van der Waals surface area contributed by atoms with Gasteiger partial charge in [-0.2, -0.15) is 0 Å². The van der Waals surface area contributed by atoms with E-state index in [1.807, 2.05) is 6.92 Å². The number of hydrogen-bond donors (Lipinski definition) is 1. The van der Waals surface area contributed by atoms with E-state index in [4.69, 9.17) is 14.2 Å². The third-order valence-corrected chi connectivity index (χ3v) is 4.02. The molecule has 0 radical (unpaired) electrons. The summed E-state index contributed by atoms with van der Waals surface area (Å²) < 4.78 is 15.7. The lowest BCUT2D eigenvalue weighted by molar-refractivity contribution is -0.152. The smallest absolute Gasteiger partial charge is 0.328 e. The molecule has 1 saturated heterocycles. The molecule has 1 heterocycles. The number of carbonyl (C=O) groups is 3. The third-order valence-electron chi connectivity index (χ3n) is 4.02. The Balaban J connectivity index is 2.75. The second-order valence-electron chi connectivity index (χ2n) is 6.09. The van der Waals surface area contributed by atoms with E-state index >= 15 is 0 Å². The largest absolute Gasteiger partial charge is 0.465 e. The summed E-state index contributed by atoms with van der Waals surface area (Å²) in [7, 11) is 1.56. The minimum atomic E-state index is -0.765. The fraction of sp³-hybridized carbons (Fsp3) is 0.812. The minimum absolute atomic E-state index is 0.00266. The lowest BCUT2D eigenvalue weighted by Gasteiger charge is -2.23. The highest BCUT2D eigenvalue weighted by Gasteiger charge is 2.25. The van der Waals surface area contributed by atoms with E-state index in [0.717, 1.165) is 6.42 Å². The first-order chi connectivity index (χ1) is 10.8. The van der Waals surface area contributed by atoms with Gasteiger partial charge in [-0.25, -0.2) is 4.79 Å². The van der Waals surface area contributed by atoms with Gasteiger partial charge in [-0.05, 0) is 25.7 Å². The Labute approximate surface area is 137 Å². The number of esters is 2. The van der Waals surface area contributed by atoms with Gasteiger partial charge in [0.15, 0.2) is 0 Å². The topological polar surface area (TPSA) is 90.9 Å². The molecule has 0 aromatic heterocycles. The Morgan fingerprint density at radius 1 is 1.09 bits per heavy atom. The second-order valence-corrected chi connectivity index (χ2v) is 6.09. The average molecular weight is 329 g/mol. The zero-order chi connectivity index (χ0) is 17.4. The molecule has 132 valence electrons. The van der Waals surface area contributed by atoms with Gasteiger partial charge in [-0.1, -0.05) is 13.8 Å². The summed E-state index contributed by atoms with van der Waals surface area (Å²) >= 11 is 0. The molecule has 1 unspecified atom stereocenters. The van der Waals surface area contributed by atoms with Gasteiger partial charge in [0.05, 0.1) is 12.0 Å². The Bertz CT molecular complexity index is 425. The van der Waals surface area contributed by atoms with E-state index < -0.39 is 17.9 Å². The van der Waals surface area contributed by atoms with E-state index in [9.17, 15) is 14.4 Å². The fourth-order valence-electron chi connectivity index (χ4n) is 2.29. The molecule has 7 heteroatoms. The Kier molecular flexibility index (Phi) is 8.02. The highest BCUT2D eigenvalue weighted by molar-refractivity contribution is 5.85. The Hall–Kier alpha value is -1.63. The molecule has 1 amide bonds. The number of cyclic esters (lactones) is 2. The molecule has 0 saturated carbocycles. The monoisotopic (exact) mass is 329 g/mol. The fourth-order valence-corrected chi connectivity index (χ4v) is 2.29.